The lowest BCUT2D eigenvalue weighted by Crippen LogP contribution is -2.48. The Balaban J connectivity index is 1.59. The van der Waals surface area contributed by atoms with E-state index in [1.54, 1.807) is 0 Å². The second kappa shape index (κ2) is 9.92. The molecule has 0 bridgehead atoms. The van der Waals surface area contributed by atoms with E-state index in [0.717, 1.165) is 42.3 Å². The van der Waals surface area contributed by atoms with Gasteiger partial charge in [-0.15, -0.1) is 0 Å². The van der Waals surface area contributed by atoms with Crippen LogP contribution >= 0.6 is 11.6 Å². The van der Waals surface area contributed by atoms with E-state index in [4.69, 9.17) is 16.3 Å². The van der Waals surface area contributed by atoms with Gasteiger partial charge in [0.25, 0.3) is 5.91 Å². The first kappa shape index (κ1) is 20.6. The van der Waals surface area contributed by atoms with Crippen LogP contribution < -0.4 is 10.1 Å². The van der Waals surface area contributed by atoms with Gasteiger partial charge in [-0.2, -0.15) is 0 Å². The highest BCUT2D eigenvalue weighted by Gasteiger charge is 2.24. The van der Waals surface area contributed by atoms with Crippen LogP contribution in [0.4, 0.5) is 0 Å². The summed E-state index contributed by atoms with van der Waals surface area (Å²) in [5.74, 6) is 0.595. The molecule has 2 aromatic rings. The molecule has 0 saturated carbocycles. The molecule has 1 aliphatic rings. The number of aryl methyl sites for hydroxylation is 1. The summed E-state index contributed by atoms with van der Waals surface area (Å²) >= 11 is 6.05. The molecule has 0 spiro atoms. The molecular weight excluding hydrogens is 374 g/mol. The minimum absolute atomic E-state index is 0.0134. The van der Waals surface area contributed by atoms with Crippen LogP contribution in [0.15, 0.2) is 48.5 Å². The van der Waals surface area contributed by atoms with E-state index in [1.165, 1.54) is 0 Å². The van der Waals surface area contributed by atoms with Crippen molar-refractivity contribution in [2.24, 2.45) is 0 Å². The number of hydrogen-bond acceptors (Lipinski definition) is 4. The van der Waals surface area contributed by atoms with Crippen LogP contribution in [0.2, 0.25) is 5.02 Å². The smallest absolute Gasteiger partial charge is 0.258 e. The summed E-state index contributed by atoms with van der Waals surface area (Å²) in [7, 11) is 2.14. The van der Waals surface area contributed by atoms with E-state index >= 15 is 0 Å². The highest BCUT2D eigenvalue weighted by molar-refractivity contribution is 6.30. The van der Waals surface area contributed by atoms with Gasteiger partial charge >= 0.3 is 0 Å². The standard InChI is InChI=1S/C22H28ClN3O2/c1-17-4-3-5-20(14-17)28-16-22(27)24-15-21(18-6-8-19(23)9-7-18)26-12-10-25(2)11-13-26/h3-9,14,21H,10-13,15-16H2,1-2H3,(H,24,27)/t21-/m1/s1. The Kier molecular flexibility index (Phi) is 7.31. The number of hydrogen-bond donors (Lipinski definition) is 1. The van der Waals surface area contributed by atoms with Crippen molar-refractivity contribution < 1.29 is 9.53 Å². The van der Waals surface area contributed by atoms with Gasteiger partial charge in [-0.1, -0.05) is 35.9 Å². The number of carbonyl (C=O) groups is 1. The summed E-state index contributed by atoms with van der Waals surface area (Å²) in [6, 6.07) is 15.7. The fourth-order valence-electron chi connectivity index (χ4n) is 3.39. The maximum Gasteiger partial charge on any atom is 0.258 e. The van der Waals surface area contributed by atoms with Crippen LogP contribution in [-0.4, -0.2) is 62.1 Å². The van der Waals surface area contributed by atoms with Gasteiger partial charge in [-0.25, -0.2) is 0 Å². The lowest BCUT2D eigenvalue weighted by atomic mass is 10.0. The quantitative estimate of drug-likeness (QED) is 0.774. The Labute approximate surface area is 172 Å². The molecule has 3 rings (SSSR count). The van der Waals surface area contributed by atoms with Gasteiger partial charge in [0.2, 0.25) is 0 Å². The number of piperazine rings is 1. The molecule has 1 fully saturated rings. The number of nitrogens with one attached hydrogen (secondary N) is 1. The Bertz CT molecular complexity index is 774. The molecule has 0 radical (unpaired) electrons. The molecule has 150 valence electrons. The maximum absolute atomic E-state index is 12.3. The van der Waals surface area contributed by atoms with Gasteiger partial charge in [-0.05, 0) is 49.4 Å². The number of nitrogens with zero attached hydrogens (tertiary/aromatic N) is 2. The van der Waals surface area contributed by atoms with E-state index < -0.39 is 0 Å². The van der Waals surface area contributed by atoms with Crippen molar-refractivity contribution in [2.75, 3.05) is 46.4 Å². The topological polar surface area (TPSA) is 44.8 Å². The Morgan fingerprint density at radius 2 is 1.86 bits per heavy atom. The Morgan fingerprint density at radius 1 is 1.14 bits per heavy atom. The average Bonchev–Trinajstić information content (AvgIpc) is 2.69. The van der Waals surface area contributed by atoms with Crippen molar-refractivity contribution in [1.82, 2.24) is 15.1 Å². The zero-order valence-electron chi connectivity index (χ0n) is 16.5. The fraction of sp³-hybridized carbons (Fsp3) is 0.409. The van der Waals surface area contributed by atoms with E-state index in [9.17, 15) is 4.79 Å². The van der Waals surface area contributed by atoms with Crippen LogP contribution in [0, 0.1) is 6.92 Å². The van der Waals surface area contributed by atoms with E-state index in [-0.39, 0.29) is 18.6 Å². The lowest BCUT2D eigenvalue weighted by Gasteiger charge is -2.38. The Morgan fingerprint density at radius 3 is 2.54 bits per heavy atom. The van der Waals surface area contributed by atoms with Crippen molar-refractivity contribution in [3.63, 3.8) is 0 Å². The van der Waals surface area contributed by atoms with Crippen LogP contribution in [0.25, 0.3) is 0 Å². The molecule has 1 amide bonds. The second-order valence-electron chi connectivity index (χ2n) is 7.32. The van der Waals surface area contributed by atoms with E-state index in [0.29, 0.717) is 12.3 Å². The third kappa shape index (κ3) is 5.96. The van der Waals surface area contributed by atoms with Gasteiger partial charge in [0.05, 0.1) is 6.04 Å². The lowest BCUT2D eigenvalue weighted by molar-refractivity contribution is -0.123. The highest BCUT2D eigenvalue weighted by atomic mass is 35.5. The largest absolute Gasteiger partial charge is 0.484 e. The molecule has 1 atom stereocenters. The summed E-state index contributed by atoms with van der Waals surface area (Å²) in [6.07, 6.45) is 0. The minimum atomic E-state index is -0.116. The number of benzene rings is 2. The summed E-state index contributed by atoms with van der Waals surface area (Å²) in [6.45, 7) is 6.54. The normalized spacial score (nSPS) is 16.5. The zero-order chi connectivity index (χ0) is 19.9. The maximum atomic E-state index is 12.3. The summed E-state index contributed by atoms with van der Waals surface area (Å²) < 4.78 is 5.61. The summed E-state index contributed by atoms with van der Waals surface area (Å²) in [4.78, 5) is 17.1. The molecule has 6 heteroatoms. The molecule has 0 unspecified atom stereocenters. The Hall–Kier alpha value is -2.08. The molecular formula is C22H28ClN3O2. The van der Waals surface area contributed by atoms with E-state index in [1.807, 2.05) is 55.5 Å². The van der Waals surface area contributed by atoms with Gasteiger partial charge < -0.3 is 15.0 Å². The number of ether oxygens (including phenoxy) is 1. The zero-order valence-corrected chi connectivity index (χ0v) is 17.3. The van der Waals surface area contributed by atoms with Crippen LogP contribution in [0.3, 0.4) is 0 Å². The van der Waals surface area contributed by atoms with Gasteiger partial charge in [0, 0.05) is 37.7 Å². The first-order valence-corrected chi connectivity index (χ1v) is 10.0. The van der Waals surface area contributed by atoms with E-state index in [2.05, 4.69) is 22.2 Å². The first-order valence-electron chi connectivity index (χ1n) is 9.65. The number of amides is 1. The van der Waals surface area contributed by atoms with Crippen molar-refractivity contribution in [3.8, 4) is 5.75 Å². The third-order valence-electron chi connectivity index (χ3n) is 5.09. The molecule has 1 aliphatic heterocycles. The van der Waals surface area contributed by atoms with Gasteiger partial charge in [-0.3, -0.25) is 9.69 Å². The van der Waals surface area contributed by atoms with Gasteiger partial charge in [0.1, 0.15) is 5.75 Å². The number of carbonyl (C=O) groups excluding carboxylic acids is 1. The second-order valence-corrected chi connectivity index (χ2v) is 7.75. The number of halogens is 1. The first-order chi connectivity index (χ1) is 13.5. The summed E-state index contributed by atoms with van der Waals surface area (Å²) in [5, 5.41) is 3.76. The molecule has 0 aromatic heterocycles. The molecule has 0 aliphatic carbocycles. The summed E-state index contributed by atoms with van der Waals surface area (Å²) in [5.41, 5.74) is 2.27. The monoisotopic (exact) mass is 401 g/mol. The predicted molar refractivity (Wildman–Crippen MR) is 113 cm³/mol. The molecule has 2 aromatic carbocycles. The third-order valence-corrected chi connectivity index (χ3v) is 5.34. The van der Waals surface area contributed by atoms with Crippen molar-refractivity contribution in [1.29, 1.82) is 0 Å². The SMILES string of the molecule is Cc1cccc(OCC(=O)NC[C@H](c2ccc(Cl)cc2)N2CCN(C)CC2)c1. The average molecular weight is 402 g/mol. The van der Waals surface area contributed by atoms with Crippen LogP contribution in [0.5, 0.6) is 5.75 Å². The number of rotatable bonds is 7. The molecule has 1 saturated heterocycles. The molecule has 1 heterocycles. The molecule has 5 nitrogen and oxygen atoms in total. The van der Waals surface area contributed by atoms with Crippen molar-refractivity contribution in [3.05, 3.63) is 64.7 Å². The minimum Gasteiger partial charge on any atom is -0.484 e. The predicted octanol–water partition coefficient (Wildman–Crippen LogP) is 3.13. The van der Waals surface area contributed by atoms with Gasteiger partial charge in [0.15, 0.2) is 6.61 Å². The molecule has 28 heavy (non-hydrogen) atoms. The molecule has 1 N–H and O–H groups in total. The highest BCUT2D eigenvalue weighted by Crippen LogP contribution is 2.23. The fourth-order valence-corrected chi connectivity index (χ4v) is 3.52. The van der Waals surface area contributed by atoms with Crippen LogP contribution in [-0.2, 0) is 4.79 Å². The van der Waals surface area contributed by atoms with Crippen molar-refractivity contribution >= 4 is 17.5 Å². The number of likely N-dealkylation sites (N-methyl/N-ethyl adjacent to an activating group) is 1. The van der Waals surface area contributed by atoms with Crippen LogP contribution in [0.1, 0.15) is 17.2 Å². The van der Waals surface area contributed by atoms with Crippen molar-refractivity contribution in [2.45, 2.75) is 13.0 Å².